The molecule has 0 aliphatic heterocycles. The van der Waals surface area contributed by atoms with Crippen molar-refractivity contribution in [2.45, 2.75) is 31.6 Å². The Morgan fingerprint density at radius 2 is 2.06 bits per heavy atom. The van der Waals surface area contributed by atoms with Gasteiger partial charge in [-0.2, -0.15) is 0 Å². The minimum absolute atomic E-state index is 0.333. The first-order valence-corrected chi connectivity index (χ1v) is 5.98. The minimum Gasteiger partial charge on any atom is -0.465 e. The molecule has 0 saturated heterocycles. The molecule has 2 rings (SSSR count). The van der Waals surface area contributed by atoms with E-state index in [4.69, 9.17) is 11.6 Å². The largest absolute Gasteiger partial charge is 0.465 e. The van der Waals surface area contributed by atoms with Gasteiger partial charge in [-0.1, -0.05) is 30.5 Å². The topological polar surface area (TPSA) is 26.3 Å². The lowest BCUT2D eigenvalue weighted by Crippen LogP contribution is -2.02. The van der Waals surface area contributed by atoms with Gasteiger partial charge in [0.1, 0.15) is 0 Å². The zero-order valence-electron chi connectivity index (χ0n) is 9.33. The van der Waals surface area contributed by atoms with Crippen molar-refractivity contribution in [3.05, 3.63) is 34.3 Å². The predicted octanol–water partition coefficient (Wildman–Crippen LogP) is 3.78. The highest BCUT2D eigenvalue weighted by Gasteiger charge is 2.20. The van der Waals surface area contributed by atoms with Crippen LogP contribution in [0.2, 0.25) is 5.02 Å². The van der Waals surface area contributed by atoms with Crippen LogP contribution in [-0.4, -0.2) is 13.1 Å². The zero-order chi connectivity index (χ0) is 11.5. The van der Waals surface area contributed by atoms with E-state index < -0.39 is 0 Å². The molecule has 0 bridgehead atoms. The highest BCUT2D eigenvalue weighted by atomic mass is 35.5. The van der Waals surface area contributed by atoms with Gasteiger partial charge in [-0.25, -0.2) is 4.79 Å². The van der Waals surface area contributed by atoms with Gasteiger partial charge < -0.3 is 4.74 Å². The number of esters is 1. The number of hydrogen-bond acceptors (Lipinski definition) is 2. The van der Waals surface area contributed by atoms with Gasteiger partial charge in [0.15, 0.2) is 0 Å². The Bertz CT molecular complexity index is 395. The molecule has 86 valence electrons. The predicted molar refractivity (Wildman–Crippen MR) is 64.0 cm³/mol. The normalized spacial score (nSPS) is 16.4. The van der Waals surface area contributed by atoms with Gasteiger partial charge in [0.2, 0.25) is 0 Å². The van der Waals surface area contributed by atoms with E-state index in [1.165, 1.54) is 38.4 Å². The number of benzene rings is 1. The maximum atomic E-state index is 11.3. The Balaban J connectivity index is 2.25. The molecule has 0 amide bonds. The van der Waals surface area contributed by atoms with E-state index in [1.807, 2.05) is 6.07 Å². The summed E-state index contributed by atoms with van der Waals surface area (Å²) in [5.41, 5.74) is 1.70. The van der Waals surface area contributed by atoms with Crippen molar-refractivity contribution in [1.29, 1.82) is 0 Å². The van der Waals surface area contributed by atoms with Crippen LogP contribution in [0.25, 0.3) is 0 Å². The number of carbonyl (C=O) groups is 1. The molecule has 16 heavy (non-hydrogen) atoms. The molecule has 1 aliphatic rings. The van der Waals surface area contributed by atoms with Crippen LogP contribution in [0.5, 0.6) is 0 Å². The van der Waals surface area contributed by atoms with Gasteiger partial charge in [-0.15, -0.1) is 0 Å². The number of ether oxygens (including phenoxy) is 1. The van der Waals surface area contributed by atoms with Gasteiger partial charge in [0, 0.05) is 5.02 Å². The van der Waals surface area contributed by atoms with E-state index in [1.54, 1.807) is 12.1 Å². The molecule has 0 heterocycles. The fourth-order valence-electron chi connectivity index (χ4n) is 2.34. The Morgan fingerprint density at radius 1 is 1.38 bits per heavy atom. The van der Waals surface area contributed by atoms with Gasteiger partial charge >= 0.3 is 5.97 Å². The zero-order valence-corrected chi connectivity index (χ0v) is 10.1. The van der Waals surface area contributed by atoms with Gasteiger partial charge in [0.25, 0.3) is 0 Å². The van der Waals surface area contributed by atoms with Crippen molar-refractivity contribution in [1.82, 2.24) is 0 Å². The first-order valence-electron chi connectivity index (χ1n) is 5.60. The van der Waals surface area contributed by atoms with E-state index in [-0.39, 0.29) is 5.97 Å². The van der Waals surface area contributed by atoms with Crippen LogP contribution < -0.4 is 0 Å². The highest BCUT2D eigenvalue weighted by molar-refractivity contribution is 6.31. The first kappa shape index (κ1) is 11.5. The lowest BCUT2D eigenvalue weighted by Gasteiger charge is -2.12. The lowest BCUT2D eigenvalue weighted by molar-refractivity contribution is 0.0600. The standard InChI is InChI=1S/C13H15ClO2/c1-16-13(15)10-6-7-11(12(14)8-10)9-4-2-3-5-9/h6-9H,2-5H2,1H3. The molecule has 0 unspecified atom stereocenters. The summed E-state index contributed by atoms with van der Waals surface area (Å²) < 4.78 is 4.66. The SMILES string of the molecule is COC(=O)c1ccc(C2CCCC2)c(Cl)c1. The van der Waals surface area contributed by atoms with Crippen LogP contribution in [0.4, 0.5) is 0 Å². The molecule has 1 aromatic carbocycles. The van der Waals surface area contributed by atoms with E-state index in [0.29, 0.717) is 16.5 Å². The smallest absolute Gasteiger partial charge is 0.337 e. The molecule has 0 radical (unpaired) electrons. The van der Waals surface area contributed by atoms with Crippen LogP contribution in [0.1, 0.15) is 47.5 Å². The molecule has 1 aromatic rings. The van der Waals surface area contributed by atoms with Crippen molar-refractivity contribution in [3.8, 4) is 0 Å². The van der Waals surface area contributed by atoms with E-state index in [2.05, 4.69) is 4.74 Å². The third-order valence-corrected chi connectivity index (χ3v) is 3.54. The van der Waals surface area contributed by atoms with Crippen LogP contribution in [0.3, 0.4) is 0 Å². The Hall–Kier alpha value is -1.02. The van der Waals surface area contributed by atoms with Crippen molar-refractivity contribution in [2.24, 2.45) is 0 Å². The number of rotatable bonds is 2. The third-order valence-electron chi connectivity index (χ3n) is 3.22. The summed E-state index contributed by atoms with van der Waals surface area (Å²) in [5, 5.41) is 0.690. The Labute approximate surface area is 101 Å². The van der Waals surface area contributed by atoms with Gasteiger partial charge in [0.05, 0.1) is 12.7 Å². The average molecular weight is 239 g/mol. The van der Waals surface area contributed by atoms with E-state index in [0.717, 1.165) is 0 Å². The van der Waals surface area contributed by atoms with Crippen molar-refractivity contribution < 1.29 is 9.53 Å². The number of halogens is 1. The summed E-state index contributed by atoms with van der Waals surface area (Å²) >= 11 is 6.20. The quantitative estimate of drug-likeness (QED) is 0.733. The average Bonchev–Trinajstić information content (AvgIpc) is 2.81. The molecule has 0 aromatic heterocycles. The minimum atomic E-state index is -0.333. The molecular weight excluding hydrogens is 224 g/mol. The van der Waals surface area contributed by atoms with Crippen LogP contribution >= 0.6 is 11.6 Å². The molecule has 0 atom stereocenters. The van der Waals surface area contributed by atoms with Crippen LogP contribution in [-0.2, 0) is 4.74 Å². The summed E-state index contributed by atoms with van der Waals surface area (Å²) in [6.45, 7) is 0. The summed E-state index contributed by atoms with van der Waals surface area (Å²) in [6.07, 6.45) is 4.97. The van der Waals surface area contributed by atoms with Crippen molar-refractivity contribution in [3.63, 3.8) is 0 Å². The summed E-state index contributed by atoms with van der Waals surface area (Å²) in [5.74, 6) is 0.235. The van der Waals surface area contributed by atoms with Crippen molar-refractivity contribution >= 4 is 17.6 Å². The number of carbonyl (C=O) groups excluding carboxylic acids is 1. The molecule has 1 aliphatic carbocycles. The van der Waals surface area contributed by atoms with E-state index >= 15 is 0 Å². The second-order valence-electron chi connectivity index (χ2n) is 4.21. The molecule has 2 nitrogen and oxygen atoms in total. The second-order valence-corrected chi connectivity index (χ2v) is 4.62. The second kappa shape index (κ2) is 4.88. The van der Waals surface area contributed by atoms with Gasteiger partial charge in [-0.3, -0.25) is 0 Å². The molecule has 0 spiro atoms. The monoisotopic (exact) mass is 238 g/mol. The van der Waals surface area contributed by atoms with Crippen molar-refractivity contribution in [2.75, 3.05) is 7.11 Å². The summed E-state index contributed by atoms with van der Waals surface area (Å²) in [7, 11) is 1.38. The molecule has 1 fully saturated rings. The summed E-state index contributed by atoms with van der Waals surface area (Å²) in [4.78, 5) is 11.3. The lowest BCUT2D eigenvalue weighted by atomic mass is 9.96. The highest BCUT2D eigenvalue weighted by Crippen LogP contribution is 2.37. The summed E-state index contributed by atoms with van der Waals surface area (Å²) in [6, 6.07) is 5.47. The van der Waals surface area contributed by atoms with Crippen LogP contribution in [0.15, 0.2) is 18.2 Å². The maximum absolute atomic E-state index is 11.3. The first-order chi connectivity index (χ1) is 7.72. The molecular formula is C13H15ClO2. The maximum Gasteiger partial charge on any atom is 0.337 e. The van der Waals surface area contributed by atoms with Gasteiger partial charge in [-0.05, 0) is 36.5 Å². The third kappa shape index (κ3) is 2.22. The van der Waals surface area contributed by atoms with E-state index in [9.17, 15) is 4.79 Å². The molecule has 1 saturated carbocycles. The number of methoxy groups -OCH3 is 1. The fraction of sp³-hybridized carbons (Fsp3) is 0.462. The Kier molecular flexibility index (Phi) is 3.49. The molecule has 0 N–H and O–H groups in total. The number of hydrogen-bond donors (Lipinski definition) is 0. The molecule has 3 heteroatoms. The Morgan fingerprint density at radius 3 is 2.62 bits per heavy atom. The van der Waals surface area contributed by atoms with Crippen LogP contribution in [0, 0.1) is 0 Å². The fourth-order valence-corrected chi connectivity index (χ4v) is 2.67.